The van der Waals surface area contributed by atoms with Crippen molar-refractivity contribution < 1.29 is 13.2 Å². The van der Waals surface area contributed by atoms with Crippen molar-refractivity contribution in [3.63, 3.8) is 0 Å². The van der Waals surface area contributed by atoms with E-state index in [0.29, 0.717) is 23.8 Å². The van der Waals surface area contributed by atoms with Gasteiger partial charge in [-0.25, -0.2) is 0 Å². The van der Waals surface area contributed by atoms with Crippen LogP contribution in [0.25, 0.3) is 0 Å². The molecule has 1 aliphatic heterocycles. The first-order chi connectivity index (χ1) is 9.10. The molecule has 1 unspecified atom stereocenters. The minimum Gasteiger partial charge on any atom is -0.365 e. The van der Waals surface area contributed by atoms with Gasteiger partial charge in [0.2, 0.25) is 0 Å². The third-order valence-electron chi connectivity index (χ3n) is 3.56. The summed E-state index contributed by atoms with van der Waals surface area (Å²) in [6.07, 6.45) is -4.36. The van der Waals surface area contributed by atoms with Crippen molar-refractivity contribution in [1.82, 2.24) is 5.32 Å². The number of benzene rings is 1. The lowest BCUT2D eigenvalue weighted by atomic mass is 9.98. The second-order valence-electron chi connectivity index (χ2n) is 5.91. The molecule has 1 aromatic rings. The standard InChI is InChI=1S/C14H18ClF3N2/c1-9-7-19-13(2,3)8-20(9)12-6-10(14(16,17)18)4-5-11(12)15/h4-6,9,19H,7-8H2,1-3H3. The molecule has 1 fully saturated rings. The molecule has 2 nitrogen and oxygen atoms in total. The number of hydrogen-bond acceptors (Lipinski definition) is 2. The van der Waals surface area contributed by atoms with E-state index in [0.717, 1.165) is 12.1 Å². The summed E-state index contributed by atoms with van der Waals surface area (Å²) in [6, 6.07) is 3.56. The molecule has 1 N–H and O–H groups in total. The maximum absolute atomic E-state index is 12.8. The van der Waals surface area contributed by atoms with Crippen LogP contribution in [0.15, 0.2) is 18.2 Å². The average Bonchev–Trinajstić information content (AvgIpc) is 2.32. The van der Waals surface area contributed by atoms with E-state index in [9.17, 15) is 13.2 Å². The molecule has 2 rings (SSSR count). The number of hydrogen-bond donors (Lipinski definition) is 1. The smallest absolute Gasteiger partial charge is 0.365 e. The van der Waals surface area contributed by atoms with Crippen LogP contribution in [0.1, 0.15) is 26.3 Å². The molecule has 0 amide bonds. The van der Waals surface area contributed by atoms with Crippen LogP contribution in [0.4, 0.5) is 18.9 Å². The zero-order valence-electron chi connectivity index (χ0n) is 11.7. The van der Waals surface area contributed by atoms with Crippen molar-refractivity contribution in [1.29, 1.82) is 0 Å². The number of nitrogens with zero attached hydrogens (tertiary/aromatic N) is 1. The van der Waals surface area contributed by atoms with Crippen molar-refractivity contribution >= 4 is 17.3 Å². The Kier molecular flexibility index (Phi) is 3.95. The van der Waals surface area contributed by atoms with Gasteiger partial charge in [-0.15, -0.1) is 0 Å². The third kappa shape index (κ3) is 3.20. The topological polar surface area (TPSA) is 15.3 Å². The molecule has 1 saturated heterocycles. The molecule has 0 saturated carbocycles. The molecular weight excluding hydrogens is 289 g/mol. The van der Waals surface area contributed by atoms with Crippen LogP contribution in [0, 0.1) is 0 Å². The van der Waals surface area contributed by atoms with Gasteiger partial charge in [-0.3, -0.25) is 0 Å². The van der Waals surface area contributed by atoms with Gasteiger partial charge in [0.05, 0.1) is 16.3 Å². The summed E-state index contributed by atoms with van der Waals surface area (Å²) in [5.41, 5.74) is -0.381. The van der Waals surface area contributed by atoms with Gasteiger partial charge >= 0.3 is 6.18 Å². The fraction of sp³-hybridized carbons (Fsp3) is 0.571. The van der Waals surface area contributed by atoms with Gasteiger partial charge in [0.25, 0.3) is 0 Å². The molecule has 0 radical (unpaired) electrons. The normalized spacial score (nSPS) is 22.9. The average molecular weight is 307 g/mol. The summed E-state index contributed by atoms with van der Waals surface area (Å²) in [5, 5.41) is 3.71. The Morgan fingerprint density at radius 2 is 2.00 bits per heavy atom. The largest absolute Gasteiger partial charge is 0.416 e. The molecular formula is C14H18ClF3N2. The number of alkyl halides is 3. The third-order valence-corrected chi connectivity index (χ3v) is 3.88. The quantitative estimate of drug-likeness (QED) is 0.845. The van der Waals surface area contributed by atoms with Crippen molar-refractivity contribution in [3.05, 3.63) is 28.8 Å². The molecule has 20 heavy (non-hydrogen) atoms. The number of halogens is 4. The first-order valence-corrected chi connectivity index (χ1v) is 6.86. The monoisotopic (exact) mass is 306 g/mol. The van der Waals surface area contributed by atoms with Crippen molar-refractivity contribution in [2.24, 2.45) is 0 Å². The van der Waals surface area contributed by atoms with E-state index < -0.39 is 11.7 Å². The maximum Gasteiger partial charge on any atom is 0.416 e. The van der Waals surface area contributed by atoms with Gasteiger partial charge < -0.3 is 10.2 Å². The van der Waals surface area contributed by atoms with Gasteiger partial charge in [0.1, 0.15) is 0 Å². The van der Waals surface area contributed by atoms with E-state index in [1.165, 1.54) is 6.07 Å². The first-order valence-electron chi connectivity index (χ1n) is 6.48. The lowest BCUT2D eigenvalue weighted by Gasteiger charge is -2.45. The minimum absolute atomic E-state index is 0.0870. The summed E-state index contributed by atoms with van der Waals surface area (Å²) in [4.78, 5) is 1.94. The van der Waals surface area contributed by atoms with Crippen LogP contribution in [0.2, 0.25) is 5.02 Å². The zero-order valence-corrected chi connectivity index (χ0v) is 12.4. The Hall–Kier alpha value is -0.940. The molecule has 112 valence electrons. The minimum atomic E-state index is -4.36. The van der Waals surface area contributed by atoms with Gasteiger partial charge in [0.15, 0.2) is 0 Å². The summed E-state index contributed by atoms with van der Waals surface area (Å²) >= 11 is 6.11. The van der Waals surface area contributed by atoms with E-state index in [4.69, 9.17) is 11.6 Å². The van der Waals surface area contributed by atoms with Crippen LogP contribution in [-0.4, -0.2) is 24.7 Å². The Morgan fingerprint density at radius 1 is 1.35 bits per heavy atom. The van der Waals surface area contributed by atoms with Crippen LogP contribution >= 0.6 is 11.6 Å². The van der Waals surface area contributed by atoms with E-state index >= 15 is 0 Å². The Labute approximate surface area is 121 Å². The van der Waals surface area contributed by atoms with Gasteiger partial charge in [-0.1, -0.05) is 11.6 Å². The highest BCUT2D eigenvalue weighted by atomic mass is 35.5. The van der Waals surface area contributed by atoms with Crippen LogP contribution in [0.5, 0.6) is 0 Å². The van der Waals surface area contributed by atoms with Crippen molar-refractivity contribution in [3.8, 4) is 0 Å². The molecule has 1 aromatic carbocycles. The number of piperazine rings is 1. The predicted octanol–water partition coefficient (Wildman–Crippen LogP) is 3.94. The Bertz CT molecular complexity index is 500. The fourth-order valence-corrected chi connectivity index (χ4v) is 2.63. The fourth-order valence-electron chi connectivity index (χ4n) is 2.40. The number of nitrogens with one attached hydrogen (secondary N) is 1. The summed E-state index contributed by atoms with van der Waals surface area (Å²) in [5.74, 6) is 0. The molecule has 0 spiro atoms. The summed E-state index contributed by atoms with van der Waals surface area (Å²) in [6.45, 7) is 7.33. The van der Waals surface area contributed by atoms with Gasteiger partial charge in [-0.2, -0.15) is 13.2 Å². The van der Waals surface area contributed by atoms with Gasteiger partial charge in [0, 0.05) is 24.7 Å². The second-order valence-corrected chi connectivity index (χ2v) is 6.31. The molecule has 1 heterocycles. The van der Waals surface area contributed by atoms with Crippen LogP contribution in [-0.2, 0) is 6.18 Å². The predicted molar refractivity (Wildman–Crippen MR) is 75.3 cm³/mol. The molecule has 6 heteroatoms. The van der Waals surface area contributed by atoms with Crippen LogP contribution in [0.3, 0.4) is 0 Å². The molecule has 1 atom stereocenters. The summed E-state index contributed by atoms with van der Waals surface area (Å²) in [7, 11) is 0. The molecule has 0 bridgehead atoms. The Morgan fingerprint density at radius 3 is 2.60 bits per heavy atom. The van der Waals surface area contributed by atoms with Gasteiger partial charge in [-0.05, 0) is 39.0 Å². The SMILES string of the molecule is CC1CNC(C)(C)CN1c1cc(C(F)(F)F)ccc1Cl. The maximum atomic E-state index is 12.8. The lowest BCUT2D eigenvalue weighted by Crippen LogP contribution is -2.61. The molecule has 0 aromatic heterocycles. The highest BCUT2D eigenvalue weighted by molar-refractivity contribution is 6.33. The molecule has 0 aliphatic carbocycles. The Balaban J connectivity index is 2.40. The van der Waals surface area contributed by atoms with Crippen LogP contribution < -0.4 is 10.2 Å². The van der Waals surface area contributed by atoms with E-state index in [1.54, 1.807) is 0 Å². The van der Waals surface area contributed by atoms with Crippen molar-refractivity contribution in [2.75, 3.05) is 18.0 Å². The first kappa shape index (κ1) is 15.4. The zero-order chi connectivity index (χ0) is 15.1. The van der Waals surface area contributed by atoms with Crippen molar-refractivity contribution in [2.45, 2.75) is 38.5 Å². The number of rotatable bonds is 1. The van der Waals surface area contributed by atoms with E-state index in [2.05, 4.69) is 5.32 Å². The van der Waals surface area contributed by atoms with E-state index in [1.807, 2.05) is 25.7 Å². The molecule has 1 aliphatic rings. The van der Waals surface area contributed by atoms with E-state index in [-0.39, 0.29) is 11.6 Å². The highest BCUT2D eigenvalue weighted by Gasteiger charge is 2.34. The second kappa shape index (κ2) is 5.11. The summed E-state index contributed by atoms with van der Waals surface area (Å²) < 4.78 is 38.5. The number of anilines is 1. The highest BCUT2D eigenvalue weighted by Crippen LogP contribution is 2.37. The lowest BCUT2D eigenvalue weighted by molar-refractivity contribution is -0.137.